The van der Waals surface area contributed by atoms with Crippen molar-refractivity contribution in [1.82, 2.24) is 4.72 Å². The molecule has 0 saturated heterocycles. The Morgan fingerprint density at radius 2 is 2.11 bits per heavy atom. The fourth-order valence-electron chi connectivity index (χ4n) is 1.27. The molecule has 0 saturated carbocycles. The second-order valence-corrected chi connectivity index (χ2v) is 6.71. The van der Waals surface area contributed by atoms with Crippen LogP contribution in [0.4, 0.5) is 4.39 Å². The van der Waals surface area contributed by atoms with E-state index in [2.05, 4.69) is 20.7 Å². The fourth-order valence-corrected chi connectivity index (χ4v) is 2.96. The topological polar surface area (TPSA) is 83.5 Å². The third-order valence-corrected chi connectivity index (χ3v) is 4.98. The van der Waals surface area contributed by atoms with E-state index in [0.717, 1.165) is 6.07 Å². The van der Waals surface area contributed by atoms with Gasteiger partial charge in [-0.3, -0.25) is 4.79 Å². The molecule has 0 radical (unpaired) electrons. The maximum atomic E-state index is 13.3. The van der Waals surface area contributed by atoms with Crippen LogP contribution < -0.4 is 4.72 Å². The Labute approximate surface area is 119 Å². The van der Waals surface area contributed by atoms with Crippen LogP contribution in [0, 0.1) is 5.82 Å². The summed E-state index contributed by atoms with van der Waals surface area (Å²) in [5.41, 5.74) is -1.64. The molecule has 106 valence electrons. The van der Waals surface area contributed by atoms with Crippen LogP contribution in [0.15, 0.2) is 27.6 Å². The van der Waals surface area contributed by atoms with E-state index >= 15 is 0 Å². The molecule has 1 aromatic carbocycles. The molecule has 0 spiro atoms. The number of carboxylic acid groups (broad SMARTS) is 1. The second kappa shape index (κ2) is 5.56. The lowest BCUT2D eigenvalue weighted by atomic mass is 10.0. The van der Waals surface area contributed by atoms with Gasteiger partial charge in [0.1, 0.15) is 11.4 Å². The van der Waals surface area contributed by atoms with Crippen LogP contribution >= 0.6 is 15.9 Å². The van der Waals surface area contributed by atoms with Crippen molar-refractivity contribution in [1.29, 1.82) is 0 Å². The molecule has 0 fully saturated rings. The third kappa shape index (κ3) is 3.52. The van der Waals surface area contributed by atoms with Crippen LogP contribution in [0.2, 0.25) is 0 Å². The molecule has 0 bridgehead atoms. The summed E-state index contributed by atoms with van der Waals surface area (Å²) in [6.45, 7) is 2.79. The molecule has 0 aliphatic carbocycles. The molecule has 1 aromatic rings. The molecule has 0 aromatic heterocycles. The Balaban J connectivity index is 3.18. The van der Waals surface area contributed by atoms with Gasteiger partial charge in [-0.05, 0) is 47.5 Å². The average molecular weight is 354 g/mol. The monoisotopic (exact) mass is 353 g/mol. The summed E-state index contributed by atoms with van der Waals surface area (Å²) in [5, 5.41) is 9.03. The Hall–Kier alpha value is -0.990. The van der Waals surface area contributed by atoms with E-state index in [4.69, 9.17) is 5.11 Å². The zero-order chi connectivity index (χ0) is 14.8. The SMILES string of the molecule is CCC(C)(NS(=O)(=O)c1ccc(Br)c(F)c1)C(=O)O. The van der Waals surface area contributed by atoms with Gasteiger partial charge >= 0.3 is 5.97 Å². The zero-order valence-corrected chi connectivity index (χ0v) is 12.7. The first kappa shape index (κ1) is 16.1. The van der Waals surface area contributed by atoms with Crippen molar-refractivity contribution in [3.63, 3.8) is 0 Å². The van der Waals surface area contributed by atoms with Crippen molar-refractivity contribution in [2.24, 2.45) is 0 Å². The van der Waals surface area contributed by atoms with E-state index in [9.17, 15) is 17.6 Å². The highest BCUT2D eigenvalue weighted by atomic mass is 79.9. The van der Waals surface area contributed by atoms with Crippen LogP contribution in [0.1, 0.15) is 20.3 Å². The summed E-state index contributed by atoms with van der Waals surface area (Å²) in [4.78, 5) is 10.7. The van der Waals surface area contributed by atoms with E-state index in [0.29, 0.717) is 0 Å². The summed E-state index contributed by atoms with van der Waals surface area (Å²) in [6.07, 6.45) is 0.0561. The number of hydrogen-bond acceptors (Lipinski definition) is 3. The predicted molar refractivity (Wildman–Crippen MR) is 70.8 cm³/mol. The summed E-state index contributed by atoms with van der Waals surface area (Å²) in [5.74, 6) is -2.03. The number of rotatable bonds is 5. The lowest BCUT2D eigenvalue weighted by Crippen LogP contribution is -2.51. The van der Waals surface area contributed by atoms with Crippen LogP contribution in [-0.4, -0.2) is 25.0 Å². The summed E-state index contributed by atoms with van der Waals surface area (Å²) < 4.78 is 39.6. The van der Waals surface area contributed by atoms with Crippen LogP contribution in [0.3, 0.4) is 0 Å². The largest absolute Gasteiger partial charge is 0.480 e. The van der Waals surface area contributed by atoms with Crippen molar-refractivity contribution < 1.29 is 22.7 Å². The highest BCUT2D eigenvalue weighted by Crippen LogP contribution is 2.21. The minimum Gasteiger partial charge on any atom is -0.480 e. The van der Waals surface area contributed by atoms with Gasteiger partial charge in [0, 0.05) is 0 Å². The highest BCUT2D eigenvalue weighted by molar-refractivity contribution is 9.10. The molecule has 0 aliphatic rings. The van der Waals surface area contributed by atoms with Crippen LogP contribution in [0.5, 0.6) is 0 Å². The Kier molecular flexibility index (Phi) is 4.70. The Morgan fingerprint density at radius 1 is 1.53 bits per heavy atom. The first-order valence-corrected chi connectivity index (χ1v) is 7.62. The lowest BCUT2D eigenvalue weighted by molar-refractivity contribution is -0.143. The third-order valence-electron chi connectivity index (χ3n) is 2.74. The number of carboxylic acids is 1. The first-order chi connectivity index (χ1) is 8.62. The molecule has 0 heterocycles. The van der Waals surface area contributed by atoms with Crippen molar-refractivity contribution in [2.75, 3.05) is 0 Å². The molecular formula is C11H13BrFNO4S. The van der Waals surface area contributed by atoms with Gasteiger partial charge < -0.3 is 5.11 Å². The van der Waals surface area contributed by atoms with E-state index < -0.39 is 27.3 Å². The number of benzene rings is 1. The first-order valence-electron chi connectivity index (χ1n) is 5.35. The van der Waals surface area contributed by atoms with E-state index in [1.807, 2.05) is 0 Å². The fraction of sp³-hybridized carbons (Fsp3) is 0.364. The minimum absolute atomic E-state index is 0.0561. The quantitative estimate of drug-likeness (QED) is 0.849. The maximum absolute atomic E-state index is 13.3. The number of aliphatic carboxylic acids is 1. The molecule has 0 aliphatic heterocycles. The molecule has 1 atom stereocenters. The Morgan fingerprint density at radius 3 is 2.53 bits per heavy atom. The molecule has 8 heteroatoms. The zero-order valence-electron chi connectivity index (χ0n) is 10.3. The highest BCUT2D eigenvalue weighted by Gasteiger charge is 2.36. The predicted octanol–water partition coefficient (Wildman–Crippen LogP) is 2.12. The number of halogens is 2. The van der Waals surface area contributed by atoms with Gasteiger partial charge in [0.15, 0.2) is 0 Å². The summed E-state index contributed by atoms with van der Waals surface area (Å²) in [7, 11) is -4.11. The average Bonchev–Trinajstić information content (AvgIpc) is 2.31. The molecule has 1 unspecified atom stereocenters. The van der Waals surface area contributed by atoms with Crippen molar-refractivity contribution in [3.05, 3.63) is 28.5 Å². The summed E-state index contributed by atoms with van der Waals surface area (Å²) >= 11 is 2.91. The molecule has 0 amide bonds. The molecule has 5 nitrogen and oxygen atoms in total. The van der Waals surface area contributed by atoms with E-state index in [-0.39, 0.29) is 15.8 Å². The molecular weight excluding hydrogens is 341 g/mol. The number of nitrogens with one attached hydrogen (secondary N) is 1. The Bertz CT molecular complexity index is 605. The van der Waals surface area contributed by atoms with Gasteiger partial charge in [-0.2, -0.15) is 4.72 Å². The smallest absolute Gasteiger partial charge is 0.324 e. The number of carbonyl (C=O) groups is 1. The number of hydrogen-bond donors (Lipinski definition) is 2. The normalized spacial score (nSPS) is 14.9. The lowest BCUT2D eigenvalue weighted by Gasteiger charge is -2.24. The van der Waals surface area contributed by atoms with Crippen molar-refractivity contribution in [3.8, 4) is 0 Å². The molecule has 1 rings (SSSR count). The maximum Gasteiger partial charge on any atom is 0.324 e. The van der Waals surface area contributed by atoms with Crippen LogP contribution in [0.25, 0.3) is 0 Å². The van der Waals surface area contributed by atoms with Crippen molar-refractivity contribution in [2.45, 2.75) is 30.7 Å². The van der Waals surface area contributed by atoms with Crippen molar-refractivity contribution >= 4 is 31.9 Å². The van der Waals surface area contributed by atoms with E-state index in [1.54, 1.807) is 6.92 Å². The van der Waals surface area contributed by atoms with Gasteiger partial charge in [0.25, 0.3) is 0 Å². The van der Waals surface area contributed by atoms with E-state index in [1.165, 1.54) is 19.1 Å². The number of sulfonamides is 1. The van der Waals surface area contributed by atoms with Gasteiger partial charge in [0.05, 0.1) is 9.37 Å². The minimum atomic E-state index is -4.11. The van der Waals surface area contributed by atoms with Gasteiger partial charge in [0.2, 0.25) is 10.0 Å². The van der Waals surface area contributed by atoms with Gasteiger partial charge in [-0.1, -0.05) is 6.92 Å². The molecule has 2 N–H and O–H groups in total. The van der Waals surface area contributed by atoms with Gasteiger partial charge in [-0.15, -0.1) is 0 Å². The molecule has 19 heavy (non-hydrogen) atoms. The summed E-state index contributed by atoms with van der Waals surface area (Å²) in [6, 6.07) is 3.26. The standard InChI is InChI=1S/C11H13BrFNO4S/c1-3-11(2,10(15)16)14-19(17,18)7-4-5-8(12)9(13)6-7/h4-6,14H,3H2,1-2H3,(H,15,16). The van der Waals surface area contributed by atoms with Gasteiger partial charge in [-0.25, -0.2) is 12.8 Å². The second-order valence-electron chi connectivity index (χ2n) is 4.17. The van der Waals surface area contributed by atoms with Crippen LogP contribution in [-0.2, 0) is 14.8 Å².